The number of hydrogen-bond acceptors (Lipinski definition) is 7. The number of carbonyl (C=O) groups excluding carboxylic acids is 1. The summed E-state index contributed by atoms with van der Waals surface area (Å²) in [5, 5.41) is 11.4. The summed E-state index contributed by atoms with van der Waals surface area (Å²) in [5.74, 6) is 0.486. The molecule has 1 aromatic rings. The predicted octanol–water partition coefficient (Wildman–Crippen LogP) is 2.20. The molecule has 26 heavy (non-hydrogen) atoms. The number of nitrogens with zero attached hydrogens (tertiary/aromatic N) is 1. The van der Waals surface area contributed by atoms with Gasteiger partial charge in [0.05, 0.1) is 31.0 Å². The van der Waals surface area contributed by atoms with E-state index in [-0.39, 0.29) is 19.6 Å². The normalized spacial score (nSPS) is 12.7. The Hall–Kier alpha value is -2.31. The summed E-state index contributed by atoms with van der Waals surface area (Å²) in [6.45, 7) is 5.25. The largest absolute Gasteiger partial charge is 0.489 e. The Labute approximate surface area is 154 Å². The first kappa shape index (κ1) is 21.7. The lowest BCUT2D eigenvalue weighted by atomic mass is 10.2. The van der Waals surface area contributed by atoms with Crippen LogP contribution in [0.5, 0.6) is 5.75 Å². The zero-order chi connectivity index (χ0) is 19.8. The summed E-state index contributed by atoms with van der Waals surface area (Å²) in [7, 11) is -3.56. The molecule has 1 aromatic carbocycles. The van der Waals surface area contributed by atoms with Crippen LogP contribution < -0.4 is 10.1 Å². The molecule has 0 aromatic heterocycles. The van der Waals surface area contributed by atoms with Crippen molar-refractivity contribution in [2.75, 3.05) is 19.4 Å². The lowest BCUT2D eigenvalue weighted by Crippen LogP contribution is -2.39. The molecule has 1 atom stereocenters. The van der Waals surface area contributed by atoms with E-state index in [1.165, 1.54) is 0 Å². The van der Waals surface area contributed by atoms with E-state index >= 15 is 0 Å². The molecule has 0 spiro atoms. The molecule has 0 aliphatic carbocycles. The molecule has 9 heteroatoms. The third-order valence-electron chi connectivity index (χ3n) is 2.90. The molecule has 0 fully saturated rings. The number of hydrogen-bond donors (Lipinski definition) is 1. The zero-order valence-electron chi connectivity index (χ0n) is 15.3. The van der Waals surface area contributed by atoms with E-state index in [4.69, 9.17) is 18.9 Å². The van der Waals surface area contributed by atoms with Gasteiger partial charge in [-0.05, 0) is 45.0 Å². The average Bonchev–Trinajstić information content (AvgIpc) is 2.50. The van der Waals surface area contributed by atoms with Gasteiger partial charge >= 0.3 is 6.09 Å². The van der Waals surface area contributed by atoms with Gasteiger partial charge < -0.3 is 14.8 Å². The van der Waals surface area contributed by atoms with Crippen LogP contribution in [0.2, 0.25) is 0 Å². The molecule has 0 radical (unpaired) electrons. The first-order valence-electron chi connectivity index (χ1n) is 7.96. The molecule has 1 N–H and O–H groups in total. The highest BCUT2D eigenvalue weighted by atomic mass is 32.2. The van der Waals surface area contributed by atoms with Crippen LogP contribution in [0, 0.1) is 11.3 Å². The van der Waals surface area contributed by atoms with Crippen molar-refractivity contribution in [1.82, 2.24) is 5.32 Å². The summed E-state index contributed by atoms with van der Waals surface area (Å²) in [5.41, 5.74) is -0.145. The number of alkyl carbamates (subject to hydrolysis) is 1. The Bertz CT molecular complexity index is 732. The van der Waals surface area contributed by atoms with E-state index in [1.807, 2.05) is 6.07 Å². The summed E-state index contributed by atoms with van der Waals surface area (Å²) in [4.78, 5) is 11.8. The topological polar surface area (TPSA) is 115 Å². The fourth-order valence-electron chi connectivity index (χ4n) is 1.85. The highest BCUT2D eigenvalue weighted by Crippen LogP contribution is 2.15. The van der Waals surface area contributed by atoms with Gasteiger partial charge in [0.15, 0.2) is 0 Å². The second kappa shape index (κ2) is 9.40. The minimum atomic E-state index is -3.56. The highest BCUT2D eigenvalue weighted by molar-refractivity contribution is 7.85. The lowest BCUT2D eigenvalue weighted by molar-refractivity contribution is 0.0493. The molecule has 1 rings (SSSR count). The van der Waals surface area contributed by atoms with E-state index in [2.05, 4.69) is 5.32 Å². The Kier molecular flexibility index (Phi) is 7.86. The number of benzene rings is 1. The van der Waals surface area contributed by atoms with Crippen LogP contribution in [0.3, 0.4) is 0 Å². The van der Waals surface area contributed by atoms with Crippen molar-refractivity contribution in [2.24, 2.45) is 0 Å². The summed E-state index contributed by atoms with van der Waals surface area (Å²) < 4.78 is 37.8. The number of rotatable bonds is 8. The number of carbonyl (C=O) groups is 1. The van der Waals surface area contributed by atoms with Gasteiger partial charge in [0, 0.05) is 6.42 Å². The Morgan fingerprint density at radius 2 is 1.88 bits per heavy atom. The molecule has 1 amide bonds. The van der Waals surface area contributed by atoms with Crippen LogP contribution in [0.4, 0.5) is 4.79 Å². The molecular formula is C17H24N2O6S. The van der Waals surface area contributed by atoms with Gasteiger partial charge in [0.2, 0.25) is 0 Å². The van der Waals surface area contributed by atoms with Gasteiger partial charge in [-0.2, -0.15) is 13.7 Å². The first-order valence-corrected chi connectivity index (χ1v) is 9.78. The van der Waals surface area contributed by atoms with Gasteiger partial charge in [-0.15, -0.1) is 0 Å². The molecule has 0 heterocycles. The van der Waals surface area contributed by atoms with Gasteiger partial charge in [0.1, 0.15) is 17.5 Å². The average molecular weight is 384 g/mol. The van der Waals surface area contributed by atoms with Crippen LogP contribution in [0.1, 0.15) is 32.8 Å². The minimum absolute atomic E-state index is 0.0875. The van der Waals surface area contributed by atoms with Crippen molar-refractivity contribution < 1.29 is 26.9 Å². The summed E-state index contributed by atoms with van der Waals surface area (Å²) >= 11 is 0. The number of amides is 1. The number of ether oxygens (including phenoxy) is 2. The highest BCUT2D eigenvalue weighted by Gasteiger charge is 2.19. The molecule has 0 saturated carbocycles. The maximum atomic E-state index is 11.8. The molecule has 0 aliphatic rings. The molecule has 144 valence electrons. The second-order valence-corrected chi connectivity index (χ2v) is 8.22. The van der Waals surface area contributed by atoms with Crippen LogP contribution in [-0.4, -0.2) is 45.6 Å². The van der Waals surface area contributed by atoms with Crippen LogP contribution >= 0.6 is 0 Å². The molecule has 0 bridgehead atoms. The Balaban J connectivity index is 2.68. The SMILES string of the molecule is CC(C)(C)OC(=O)NCC(CCOS(C)(=O)=O)Oc1ccc(C#N)cc1. The molecular weight excluding hydrogens is 360 g/mol. The van der Waals surface area contributed by atoms with Crippen LogP contribution in [0.25, 0.3) is 0 Å². The minimum Gasteiger partial charge on any atom is -0.489 e. The quantitative estimate of drug-likeness (QED) is 0.683. The van der Waals surface area contributed by atoms with Crippen molar-refractivity contribution >= 4 is 16.2 Å². The second-order valence-electron chi connectivity index (χ2n) is 6.57. The maximum Gasteiger partial charge on any atom is 0.407 e. The monoisotopic (exact) mass is 384 g/mol. The van der Waals surface area contributed by atoms with Crippen LogP contribution in [-0.2, 0) is 19.0 Å². The van der Waals surface area contributed by atoms with Gasteiger partial charge in [-0.3, -0.25) is 4.18 Å². The number of nitrogens with one attached hydrogen (secondary N) is 1. The van der Waals surface area contributed by atoms with Crippen molar-refractivity contribution in [3.05, 3.63) is 29.8 Å². The van der Waals surface area contributed by atoms with E-state index in [9.17, 15) is 13.2 Å². The predicted molar refractivity (Wildman–Crippen MR) is 95.2 cm³/mol. The van der Waals surface area contributed by atoms with Crippen molar-refractivity contribution in [3.8, 4) is 11.8 Å². The van der Waals surface area contributed by atoms with E-state index in [1.54, 1.807) is 45.0 Å². The van der Waals surface area contributed by atoms with Gasteiger partial charge in [-0.1, -0.05) is 0 Å². The molecule has 1 unspecified atom stereocenters. The summed E-state index contributed by atoms with van der Waals surface area (Å²) in [6.07, 6.45) is 0.0397. The van der Waals surface area contributed by atoms with Gasteiger partial charge in [-0.25, -0.2) is 4.79 Å². The molecule has 8 nitrogen and oxygen atoms in total. The van der Waals surface area contributed by atoms with Crippen molar-refractivity contribution in [1.29, 1.82) is 5.26 Å². The summed E-state index contributed by atoms with van der Waals surface area (Å²) in [6, 6.07) is 8.44. The standard InChI is InChI=1S/C17H24N2O6S/c1-17(2,3)25-16(20)19-12-15(9-10-23-26(4,21)22)24-14-7-5-13(11-18)6-8-14/h5-8,15H,9-10,12H2,1-4H3,(H,19,20). The smallest absolute Gasteiger partial charge is 0.407 e. The third-order valence-corrected chi connectivity index (χ3v) is 3.49. The fraction of sp³-hybridized carbons (Fsp3) is 0.529. The lowest BCUT2D eigenvalue weighted by Gasteiger charge is -2.22. The number of nitriles is 1. The molecule has 0 saturated heterocycles. The third kappa shape index (κ3) is 9.86. The molecule has 0 aliphatic heterocycles. The van der Waals surface area contributed by atoms with E-state index in [0.717, 1.165) is 6.26 Å². The van der Waals surface area contributed by atoms with E-state index < -0.39 is 27.9 Å². The first-order chi connectivity index (χ1) is 12.0. The fourth-order valence-corrected chi connectivity index (χ4v) is 2.24. The van der Waals surface area contributed by atoms with Crippen molar-refractivity contribution in [3.63, 3.8) is 0 Å². The maximum absolute atomic E-state index is 11.8. The Morgan fingerprint density at radius 3 is 2.38 bits per heavy atom. The van der Waals surface area contributed by atoms with Crippen LogP contribution in [0.15, 0.2) is 24.3 Å². The van der Waals surface area contributed by atoms with Crippen molar-refractivity contribution in [2.45, 2.75) is 38.9 Å². The Morgan fingerprint density at radius 1 is 1.27 bits per heavy atom. The van der Waals surface area contributed by atoms with E-state index in [0.29, 0.717) is 11.3 Å². The van der Waals surface area contributed by atoms with Gasteiger partial charge in [0.25, 0.3) is 10.1 Å². The zero-order valence-corrected chi connectivity index (χ0v) is 16.1.